The molecule has 0 aliphatic carbocycles. The number of carbonyl (C=O) groups is 1. The van der Waals surface area contributed by atoms with Crippen LogP contribution in [0.4, 0.5) is 0 Å². The second kappa shape index (κ2) is 5.89. The molecule has 2 heterocycles. The number of nitrogens with zero attached hydrogens (tertiary/aromatic N) is 3. The molecule has 2 fully saturated rings. The predicted octanol–water partition coefficient (Wildman–Crippen LogP) is 0.859. The summed E-state index contributed by atoms with van der Waals surface area (Å²) in [6.45, 7) is 5.55. The molecule has 1 atom stereocenters. The predicted molar refractivity (Wildman–Crippen MR) is 71.4 cm³/mol. The van der Waals surface area contributed by atoms with Gasteiger partial charge in [0.05, 0.1) is 6.07 Å². The molecule has 0 saturated carbocycles. The van der Waals surface area contributed by atoms with Crippen molar-refractivity contribution < 1.29 is 9.53 Å². The fourth-order valence-corrected chi connectivity index (χ4v) is 2.97. The van der Waals surface area contributed by atoms with Gasteiger partial charge in [-0.1, -0.05) is 6.92 Å². The van der Waals surface area contributed by atoms with E-state index in [0.29, 0.717) is 32.1 Å². The summed E-state index contributed by atoms with van der Waals surface area (Å²) >= 11 is 0. The molecule has 2 aliphatic rings. The Kier molecular flexibility index (Phi) is 4.43. The van der Waals surface area contributed by atoms with Crippen molar-refractivity contribution >= 4 is 5.91 Å². The highest BCUT2D eigenvalue weighted by Crippen LogP contribution is 2.32. The SMILES string of the molecule is CCC1CN(C(=O)C2(C#N)CCOCC2)CCN1C. The summed E-state index contributed by atoms with van der Waals surface area (Å²) in [7, 11) is 2.10. The van der Waals surface area contributed by atoms with Crippen LogP contribution in [0, 0.1) is 16.7 Å². The van der Waals surface area contributed by atoms with E-state index in [0.717, 1.165) is 26.1 Å². The van der Waals surface area contributed by atoms with Crippen LogP contribution in [-0.2, 0) is 9.53 Å². The molecule has 0 aromatic rings. The third-order valence-corrected chi connectivity index (χ3v) is 4.51. The molecule has 2 saturated heterocycles. The van der Waals surface area contributed by atoms with Gasteiger partial charge in [0.1, 0.15) is 5.41 Å². The van der Waals surface area contributed by atoms with E-state index in [1.807, 2.05) is 4.90 Å². The van der Waals surface area contributed by atoms with E-state index in [1.54, 1.807) is 0 Å². The average Bonchev–Trinajstić information content (AvgIpc) is 2.47. The molecule has 106 valence electrons. The first-order valence-electron chi connectivity index (χ1n) is 7.11. The van der Waals surface area contributed by atoms with Gasteiger partial charge in [0.15, 0.2) is 0 Å². The van der Waals surface area contributed by atoms with Crippen LogP contribution in [-0.4, -0.2) is 61.6 Å². The Morgan fingerprint density at radius 2 is 2.11 bits per heavy atom. The molecule has 0 N–H and O–H groups in total. The van der Waals surface area contributed by atoms with E-state index in [9.17, 15) is 10.1 Å². The van der Waals surface area contributed by atoms with Crippen molar-refractivity contribution in [1.29, 1.82) is 5.26 Å². The van der Waals surface area contributed by atoms with Crippen LogP contribution in [0.2, 0.25) is 0 Å². The average molecular weight is 265 g/mol. The van der Waals surface area contributed by atoms with Crippen LogP contribution in [0.3, 0.4) is 0 Å². The summed E-state index contributed by atoms with van der Waals surface area (Å²) < 4.78 is 5.29. The quantitative estimate of drug-likeness (QED) is 0.743. The molecule has 0 bridgehead atoms. The molecular formula is C14H23N3O2. The molecule has 0 radical (unpaired) electrons. The zero-order valence-electron chi connectivity index (χ0n) is 11.9. The minimum absolute atomic E-state index is 0.0184. The smallest absolute Gasteiger partial charge is 0.243 e. The number of rotatable bonds is 2. The Morgan fingerprint density at radius 3 is 2.68 bits per heavy atom. The second-order valence-electron chi connectivity index (χ2n) is 5.60. The zero-order valence-corrected chi connectivity index (χ0v) is 11.9. The Morgan fingerprint density at radius 1 is 1.42 bits per heavy atom. The summed E-state index contributed by atoms with van der Waals surface area (Å²) in [5.74, 6) is 0.0184. The number of ether oxygens (including phenoxy) is 1. The number of carbonyl (C=O) groups excluding carboxylic acids is 1. The zero-order chi connectivity index (χ0) is 13.9. The van der Waals surface area contributed by atoms with Crippen LogP contribution in [0.1, 0.15) is 26.2 Å². The van der Waals surface area contributed by atoms with E-state index >= 15 is 0 Å². The van der Waals surface area contributed by atoms with Gasteiger partial charge in [-0.25, -0.2) is 0 Å². The third kappa shape index (κ3) is 2.75. The van der Waals surface area contributed by atoms with Crippen LogP contribution < -0.4 is 0 Å². The molecule has 19 heavy (non-hydrogen) atoms. The summed E-state index contributed by atoms with van der Waals surface area (Å²) in [5.41, 5.74) is -0.841. The van der Waals surface area contributed by atoms with Gasteiger partial charge in [-0.05, 0) is 26.3 Å². The lowest BCUT2D eigenvalue weighted by Gasteiger charge is -2.42. The summed E-state index contributed by atoms with van der Waals surface area (Å²) in [6.07, 6.45) is 2.10. The number of amides is 1. The normalized spacial score (nSPS) is 27.8. The molecule has 5 heteroatoms. The van der Waals surface area contributed by atoms with Gasteiger partial charge in [-0.2, -0.15) is 5.26 Å². The van der Waals surface area contributed by atoms with Gasteiger partial charge >= 0.3 is 0 Å². The highest BCUT2D eigenvalue weighted by molar-refractivity contribution is 5.85. The maximum absolute atomic E-state index is 12.7. The number of hydrogen-bond acceptors (Lipinski definition) is 4. The van der Waals surface area contributed by atoms with Gasteiger partial charge in [0.2, 0.25) is 5.91 Å². The Labute approximate surface area is 115 Å². The van der Waals surface area contributed by atoms with Gasteiger partial charge < -0.3 is 9.64 Å². The van der Waals surface area contributed by atoms with Crippen molar-refractivity contribution in [2.75, 3.05) is 39.9 Å². The molecule has 2 rings (SSSR count). The van der Waals surface area contributed by atoms with E-state index in [-0.39, 0.29) is 5.91 Å². The first-order chi connectivity index (χ1) is 9.13. The fraction of sp³-hybridized carbons (Fsp3) is 0.857. The van der Waals surface area contributed by atoms with E-state index in [2.05, 4.69) is 24.9 Å². The minimum atomic E-state index is -0.841. The summed E-state index contributed by atoms with van der Waals surface area (Å²) in [6, 6.07) is 2.68. The van der Waals surface area contributed by atoms with Crippen LogP contribution in [0.25, 0.3) is 0 Å². The van der Waals surface area contributed by atoms with Crippen molar-refractivity contribution in [2.45, 2.75) is 32.2 Å². The number of piperazine rings is 1. The molecule has 0 aromatic carbocycles. The minimum Gasteiger partial charge on any atom is -0.381 e. The molecular weight excluding hydrogens is 242 g/mol. The van der Waals surface area contributed by atoms with E-state index in [4.69, 9.17) is 4.74 Å². The maximum atomic E-state index is 12.7. The van der Waals surface area contributed by atoms with Gasteiger partial charge in [-0.15, -0.1) is 0 Å². The topological polar surface area (TPSA) is 56.6 Å². The number of hydrogen-bond donors (Lipinski definition) is 0. The standard InChI is InChI=1S/C14H23N3O2/c1-3-12-10-17(7-6-16(12)2)13(18)14(11-15)4-8-19-9-5-14/h12H,3-10H2,1-2H3. The van der Waals surface area contributed by atoms with E-state index < -0.39 is 5.41 Å². The largest absolute Gasteiger partial charge is 0.381 e. The fourth-order valence-electron chi connectivity index (χ4n) is 2.97. The number of nitriles is 1. The van der Waals surface area contributed by atoms with Crippen LogP contribution in [0.15, 0.2) is 0 Å². The van der Waals surface area contributed by atoms with Crippen molar-refractivity contribution in [3.05, 3.63) is 0 Å². The van der Waals surface area contributed by atoms with Crippen LogP contribution >= 0.6 is 0 Å². The van der Waals surface area contributed by atoms with Crippen molar-refractivity contribution in [3.8, 4) is 6.07 Å². The highest BCUT2D eigenvalue weighted by Gasteiger charge is 2.44. The van der Waals surface area contributed by atoms with Gasteiger partial charge in [-0.3, -0.25) is 9.69 Å². The molecule has 2 aliphatic heterocycles. The number of likely N-dealkylation sites (N-methyl/N-ethyl adjacent to an activating group) is 1. The van der Waals surface area contributed by atoms with Crippen molar-refractivity contribution in [3.63, 3.8) is 0 Å². The van der Waals surface area contributed by atoms with E-state index in [1.165, 1.54) is 0 Å². The first kappa shape index (κ1) is 14.3. The van der Waals surface area contributed by atoms with Crippen molar-refractivity contribution in [1.82, 2.24) is 9.80 Å². The Hall–Kier alpha value is -1.12. The lowest BCUT2D eigenvalue weighted by atomic mass is 9.80. The second-order valence-corrected chi connectivity index (χ2v) is 5.60. The first-order valence-corrected chi connectivity index (χ1v) is 7.11. The summed E-state index contributed by atoms with van der Waals surface area (Å²) in [4.78, 5) is 16.9. The molecule has 1 unspecified atom stereocenters. The third-order valence-electron chi connectivity index (χ3n) is 4.51. The Bertz CT molecular complexity index is 371. The molecule has 5 nitrogen and oxygen atoms in total. The molecule has 0 spiro atoms. The van der Waals surface area contributed by atoms with Crippen molar-refractivity contribution in [2.24, 2.45) is 5.41 Å². The lowest BCUT2D eigenvalue weighted by molar-refractivity contribution is -0.146. The Balaban J connectivity index is 2.08. The monoisotopic (exact) mass is 265 g/mol. The highest BCUT2D eigenvalue weighted by atomic mass is 16.5. The van der Waals surface area contributed by atoms with Gasteiger partial charge in [0.25, 0.3) is 0 Å². The van der Waals surface area contributed by atoms with Crippen LogP contribution in [0.5, 0.6) is 0 Å². The summed E-state index contributed by atoms with van der Waals surface area (Å²) in [5, 5.41) is 9.45. The molecule has 0 aromatic heterocycles. The molecule has 1 amide bonds. The lowest BCUT2D eigenvalue weighted by Crippen LogP contribution is -2.56. The maximum Gasteiger partial charge on any atom is 0.243 e. The van der Waals surface area contributed by atoms with Gasteiger partial charge in [0, 0.05) is 38.9 Å².